The van der Waals surface area contributed by atoms with Crippen molar-refractivity contribution in [1.29, 1.82) is 0 Å². The van der Waals surface area contributed by atoms with E-state index in [1.54, 1.807) is 13.8 Å². The molecule has 0 aliphatic rings. The van der Waals surface area contributed by atoms with Crippen LogP contribution in [0.3, 0.4) is 0 Å². The molecule has 0 saturated carbocycles. The summed E-state index contributed by atoms with van der Waals surface area (Å²) in [5.41, 5.74) is -0.687. The molecule has 3 N–H and O–H groups in total. The minimum atomic E-state index is -0.935. The van der Waals surface area contributed by atoms with Gasteiger partial charge in [0, 0.05) is 18.2 Å². The molecule has 0 atom stereocenters. The highest BCUT2D eigenvalue weighted by Gasteiger charge is 2.21. The van der Waals surface area contributed by atoms with E-state index in [1.165, 1.54) is 12.3 Å². The molecule has 2 amide bonds. The van der Waals surface area contributed by atoms with E-state index in [9.17, 15) is 14.0 Å². The number of rotatable bonds is 5. The second-order valence-electron chi connectivity index (χ2n) is 4.71. The summed E-state index contributed by atoms with van der Waals surface area (Å²) in [6.07, 6.45) is 2.56. The first kappa shape index (κ1) is 14.9. The molecule has 0 saturated heterocycles. The first-order valence-corrected chi connectivity index (χ1v) is 5.71. The monoisotopic (exact) mass is 269 g/mol. The number of hydrogen-bond acceptors (Lipinski definition) is 3. The number of amides is 2. The molecule has 7 heteroatoms. The topological polar surface area (TPSA) is 91.3 Å². The second kappa shape index (κ2) is 6.12. The number of carbonyl (C=O) groups excluding carboxylic acids is 1. The van der Waals surface area contributed by atoms with Crippen LogP contribution in [0.2, 0.25) is 0 Å². The lowest BCUT2D eigenvalue weighted by Gasteiger charge is -2.25. The van der Waals surface area contributed by atoms with Gasteiger partial charge in [0.1, 0.15) is 0 Å². The zero-order chi connectivity index (χ0) is 14.5. The number of carbonyl (C=O) groups is 2. The Balaban J connectivity index is 2.55. The Kier molecular flexibility index (Phi) is 4.80. The maximum absolute atomic E-state index is 13.3. The standard InChI is InChI=1S/C12H16FN3O3/c1-12(2,5-3-10(17)18)16-11(19)15-9-4-6-14-7-8(9)13/h4,6-7H,3,5H2,1-2H3,(H,17,18)(H2,14,15,16,19). The number of urea groups is 1. The molecule has 1 heterocycles. The van der Waals surface area contributed by atoms with Gasteiger partial charge in [-0.1, -0.05) is 0 Å². The van der Waals surface area contributed by atoms with Crippen LogP contribution in [0.4, 0.5) is 14.9 Å². The van der Waals surface area contributed by atoms with Crippen LogP contribution in [-0.4, -0.2) is 27.6 Å². The molecule has 6 nitrogen and oxygen atoms in total. The number of halogens is 1. The largest absolute Gasteiger partial charge is 0.481 e. The summed E-state index contributed by atoms with van der Waals surface area (Å²) >= 11 is 0. The molecule has 0 aliphatic heterocycles. The van der Waals surface area contributed by atoms with E-state index in [4.69, 9.17) is 5.11 Å². The predicted molar refractivity (Wildman–Crippen MR) is 67.3 cm³/mol. The zero-order valence-corrected chi connectivity index (χ0v) is 10.7. The van der Waals surface area contributed by atoms with Crippen LogP contribution >= 0.6 is 0 Å². The molecule has 0 aromatic carbocycles. The van der Waals surface area contributed by atoms with Gasteiger partial charge in [-0.25, -0.2) is 9.18 Å². The summed E-state index contributed by atoms with van der Waals surface area (Å²) < 4.78 is 13.3. The minimum absolute atomic E-state index is 0.0153. The Hall–Kier alpha value is -2.18. The number of anilines is 1. The van der Waals surface area contributed by atoms with E-state index in [0.29, 0.717) is 0 Å². The molecule has 0 unspecified atom stereocenters. The third-order valence-electron chi connectivity index (χ3n) is 2.44. The van der Waals surface area contributed by atoms with Crippen LogP contribution in [0.5, 0.6) is 0 Å². The van der Waals surface area contributed by atoms with Crippen molar-refractivity contribution in [2.45, 2.75) is 32.2 Å². The molecule has 0 spiro atoms. The molecule has 1 rings (SSSR count). The Bertz CT molecular complexity index is 477. The quantitative estimate of drug-likeness (QED) is 0.762. The highest BCUT2D eigenvalue weighted by Crippen LogP contribution is 2.14. The van der Waals surface area contributed by atoms with Crippen molar-refractivity contribution in [2.75, 3.05) is 5.32 Å². The summed E-state index contributed by atoms with van der Waals surface area (Å²) in [7, 11) is 0. The molecule has 1 aromatic heterocycles. The Morgan fingerprint density at radius 3 is 2.74 bits per heavy atom. The summed E-state index contributed by atoms with van der Waals surface area (Å²) in [6.45, 7) is 3.39. The van der Waals surface area contributed by atoms with E-state index in [2.05, 4.69) is 15.6 Å². The smallest absolute Gasteiger partial charge is 0.319 e. The lowest BCUT2D eigenvalue weighted by atomic mass is 9.99. The lowest BCUT2D eigenvalue weighted by Crippen LogP contribution is -2.45. The molecule has 0 fully saturated rings. The Labute approximate surface area is 110 Å². The maximum Gasteiger partial charge on any atom is 0.319 e. The van der Waals surface area contributed by atoms with Gasteiger partial charge in [0.2, 0.25) is 0 Å². The van der Waals surface area contributed by atoms with Crippen molar-refractivity contribution < 1.29 is 19.1 Å². The van der Waals surface area contributed by atoms with Gasteiger partial charge in [-0.15, -0.1) is 0 Å². The molecule has 0 radical (unpaired) electrons. The van der Waals surface area contributed by atoms with Crippen LogP contribution in [0.1, 0.15) is 26.7 Å². The lowest BCUT2D eigenvalue weighted by molar-refractivity contribution is -0.137. The van der Waals surface area contributed by atoms with E-state index >= 15 is 0 Å². The second-order valence-corrected chi connectivity index (χ2v) is 4.71. The van der Waals surface area contributed by atoms with E-state index < -0.39 is 23.4 Å². The molecule has 104 valence electrons. The fourth-order valence-electron chi connectivity index (χ4n) is 1.42. The van der Waals surface area contributed by atoms with Crippen molar-refractivity contribution in [1.82, 2.24) is 10.3 Å². The molecular formula is C12H16FN3O3. The fraction of sp³-hybridized carbons (Fsp3) is 0.417. The number of aliphatic carboxylic acids is 1. The van der Waals surface area contributed by atoms with Crippen LogP contribution in [0.25, 0.3) is 0 Å². The summed E-state index contributed by atoms with van der Waals surface area (Å²) in [4.78, 5) is 25.7. The molecule has 0 aliphatic carbocycles. The van der Waals surface area contributed by atoms with Crippen molar-refractivity contribution in [3.05, 3.63) is 24.3 Å². The van der Waals surface area contributed by atoms with Crippen LogP contribution < -0.4 is 10.6 Å². The van der Waals surface area contributed by atoms with Crippen LogP contribution in [-0.2, 0) is 4.79 Å². The highest BCUT2D eigenvalue weighted by molar-refractivity contribution is 5.89. The fourth-order valence-corrected chi connectivity index (χ4v) is 1.42. The summed E-state index contributed by atoms with van der Waals surface area (Å²) in [5, 5.41) is 13.5. The zero-order valence-electron chi connectivity index (χ0n) is 10.7. The van der Waals surface area contributed by atoms with Gasteiger partial charge in [-0.2, -0.15) is 0 Å². The van der Waals surface area contributed by atoms with Crippen molar-refractivity contribution in [3.8, 4) is 0 Å². The van der Waals surface area contributed by atoms with Gasteiger partial charge in [0.15, 0.2) is 5.82 Å². The summed E-state index contributed by atoms with van der Waals surface area (Å²) in [5.74, 6) is -1.57. The first-order valence-electron chi connectivity index (χ1n) is 5.71. The number of carboxylic acids is 1. The van der Waals surface area contributed by atoms with Gasteiger partial charge in [-0.3, -0.25) is 9.78 Å². The molecule has 19 heavy (non-hydrogen) atoms. The summed E-state index contributed by atoms with van der Waals surface area (Å²) in [6, 6.07) is 0.736. The van der Waals surface area contributed by atoms with Gasteiger partial charge >= 0.3 is 12.0 Å². The van der Waals surface area contributed by atoms with E-state index in [0.717, 1.165) is 6.20 Å². The first-order chi connectivity index (χ1) is 8.80. The Morgan fingerprint density at radius 1 is 1.47 bits per heavy atom. The normalized spacial score (nSPS) is 10.9. The van der Waals surface area contributed by atoms with Crippen molar-refractivity contribution in [2.24, 2.45) is 0 Å². The molecule has 1 aromatic rings. The maximum atomic E-state index is 13.3. The number of pyridine rings is 1. The van der Waals surface area contributed by atoms with Crippen molar-refractivity contribution >= 4 is 17.7 Å². The number of hydrogen-bond donors (Lipinski definition) is 3. The molecule has 0 bridgehead atoms. The van der Waals surface area contributed by atoms with Gasteiger partial charge in [0.05, 0.1) is 11.9 Å². The Morgan fingerprint density at radius 2 is 2.16 bits per heavy atom. The predicted octanol–water partition coefficient (Wildman–Crippen LogP) is 1.99. The minimum Gasteiger partial charge on any atom is -0.481 e. The highest BCUT2D eigenvalue weighted by atomic mass is 19.1. The van der Waals surface area contributed by atoms with Gasteiger partial charge < -0.3 is 15.7 Å². The number of nitrogens with one attached hydrogen (secondary N) is 2. The third kappa shape index (κ3) is 5.33. The average molecular weight is 269 g/mol. The van der Waals surface area contributed by atoms with Crippen molar-refractivity contribution in [3.63, 3.8) is 0 Å². The number of carboxylic acid groups (broad SMARTS) is 1. The SMILES string of the molecule is CC(C)(CCC(=O)O)NC(=O)Nc1ccncc1F. The van der Waals surface area contributed by atoms with Gasteiger partial charge in [-0.05, 0) is 26.3 Å². The van der Waals surface area contributed by atoms with E-state index in [1.807, 2.05) is 0 Å². The molecular weight excluding hydrogens is 253 g/mol. The third-order valence-corrected chi connectivity index (χ3v) is 2.44. The van der Waals surface area contributed by atoms with Crippen LogP contribution in [0, 0.1) is 5.82 Å². The van der Waals surface area contributed by atoms with Crippen LogP contribution in [0.15, 0.2) is 18.5 Å². The van der Waals surface area contributed by atoms with Gasteiger partial charge in [0.25, 0.3) is 0 Å². The average Bonchev–Trinajstić information content (AvgIpc) is 2.29. The number of nitrogens with zero attached hydrogens (tertiary/aromatic N) is 1. The number of aromatic nitrogens is 1. The van der Waals surface area contributed by atoms with E-state index in [-0.39, 0.29) is 18.5 Å².